The van der Waals surface area contributed by atoms with Gasteiger partial charge < -0.3 is 9.32 Å². The number of fused-ring (bicyclic) bond motifs is 6. The average Bonchev–Trinajstić information content (AvgIpc) is 3.89. The fourth-order valence-electron chi connectivity index (χ4n) is 8.10. The first-order valence-corrected chi connectivity index (χ1v) is 20.0. The van der Waals surface area contributed by atoms with E-state index in [1.54, 1.807) is 11.3 Å². The summed E-state index contributed by atoms with van der Waals surface area (Å²) in [6.07, 6.45) is 0. The molecule has 0 atom stereocenters. The number of rotatable bonds is 7. The Bertz CT molecular complexity index is 3210. The van der Waals surface area contributed by atoms with Crippen molar-refractivity contribution in [1.82, 2.24) is 4.98 Å². The van der Waals surface area contributed by atoms with E-state index in [2.05, 4.69) is 205 Å². The molecule has 2 aromatic heterocycles. The molecule has 0 aliphatic carbocycles. The molecule has 11 aromatic rings. The zero-order valence-electron chi connectivity index (χ0n) is 30.8. The molecule has 0 spiro atoms. The summed E-state index contributed by atoms with van der Waals surface area (Å²) in [7, 11) is 0. The molecule has 0 aliphatic rings. The van der Waals surface area contributed by atoms with Gasteiger partial charge in [-0.25, -0.2) is 4.98 Å². The van der Waals surface area contributed by atoms with Gasteiger partial charge in [-0.2, -0.15) is 0 Å². The largest absolute Gasteiger partial charge is 0.456 e. The van der Waals surface area contributed by atoms with Crippen LogP contribution < -0.4 is 4.90 Å². The van der Waals surface area contributed by atoms with Crippen LogP contribution in [-0.2, 0) is 0 Å². The molecule has 0 N–H and O–H groups in total. The number of anilines is 3. The molecule has 2 heterocycles. The van der Waals surface area contributed by atoms with Crippen molar-refractivity contribution in [2.75, 3.05) is 4.90 Å². The van der Waals surface area contributed by atoms with Crippen LogP contribution in [0.3, 0.4) is 0 Å². The number of furan rings is 1. The number of aromatic nitrogens is 1. The first-order chi connectivity index (χ1) is 28.2. The summed E-state index contributed by atoms with van der Waals surface area (Å²) in [5, 5.41) is 5.74. The number of nitrogens with zero attached hydrogens (tertiary/aromatic N) is 2. The summed E-state index contributed by atoms with van der Waals surface area (Å²) in [4.78, 5) is 7.35. The second-order valence-electron chi connectivity index (χ2n) is 14.4. The van der Waals surface area contributed by atoms with E-state index >= 15 is 0 Å². The summed E-state index contributed by atoms with van der Waals surface area (Å²) in [5.74, 6) is 0. The third kappa shape index (κ3) is 5.95. The van der Waals surface area contributed by atoms with Gasteiger partial charge in [-0.05, 0) is 105 Å². The highest BCUT2D eigenvalue weighted by molar-refractivity contribution is 7.22. The number of hydrogen-bond donors (Lipinski definition) is 0. The number of thiazole rings is 1. The SMILES string of the molecule is c1ccc(-c2cccc(N(c3ccc(-c4ccc5oc6ccc7nc(-c8ccccc8)sc7c6c5c4)cc3)c3ccc(-c4cccc5ccccc45)cc3)c2)cc1. The molecular formula is C53H34N2OS. The van der Waals surface area contributed by atoms with Crippen molar-refractivity contribution in [2.24, 2.45) is 0 Å². The molecule has 0 aliphatic heterocycles. The first-order valence-electron chi connectivity index (χ1n) is 19.2. The van der Waals surface area contributed by atoms with Crippen molar-refractivity contribution in [1.29, 1.82) is 0 Å². The number of benzene rings is 9. The molecule has 0 amide bonds. The molecule has 9 aromatic carbocycles. The van der Waals surface area contributed by atoms with E-state index in [0.29, 0.717) is 0 Å². The number of hydrogen-bond acceptors (Lipinski definition) is 4. The third-order valence-corrected chi connectivity index (χ3v) is 12.0. The Labute approximate surface area is 334 Å². The second-order valence-corrected chi connectivity index (χ2v) is 15.4. The van der Waals surface area contributed by atoms with E-state index in [9.17, 15) is 0 Å². The average molecular weight is 747 g/mol. The van der Waals surface area contributed by atoms with Crippen LogP contribution in [0.5, 0.6) is 0 Å². The molecule has 0 saturated carbocycles. The monoisotopic (exact) mass is 746 g/mol. The van der Waals surface area contributed by atoms with Crippen LogP contribution in [0.2, 0.25) is 0 Å². The predicted octanol–water partition coefficient (Wildman–Crippen LogP) is 15.5. The minimum Gasteiger partial charge on any atom is -0.456 e. The van der Waals surface area contributed by atoms with Gasteiger partial charge in [0.15, 0.2) is 0 Å². The van der Waals surface area contributed by atoms with Gasteiger partial charge in [0.05, 0.1) is 10.2 Å². The van der Waals surface area contributed by atoms with E-state index in [1.165, 1.54) is 33.0 Å². The standard InChI is InChI=1S/C53H34N2OS/c1-3-11-35(12-4-1)40-17-9-18-44(33-40)55(43-28-23-38(24-29-43)46-20-10-16-37-13-7-8-19-45(37)46)42-26-21-36(22-27-42)41-25-31-49-47(34-41)51-50(56-49)32-30-48-52(51)57-53(54-48)39-14-5-2-6-15-39/h1-34H. The molecule has 3 nitrogen and oxygen atoms in total. The highest BCUT2D eigenvalue weighted by Gasteiger charge is 2.18. The molecule has 57 heavy (non-hydrogen) atoms. The van der Waals surface area contributed by atoms with Crippen molar-refractivity contribution < 1.29 is 4.42 Å². The maximum absolute atomic E-state index is 6.39. The minimum atomic E-state index is 0.879. The Morgan fingerprint density at radius 3 is 1.79 bits per heavy atom. The van der Waals surface area contributed by atoms with Crippen molar-refractivity contribution >= 4 is 71.3 Å². The highest BCUT2D eigenvalue weighted by Crippen LogP contribution is 2.42. The maximum Gasteiger partial charge on any atom is 0.137 e. The van der Waals surface area contributed by atoms with E-state index in [1.807, 2.05) is 6.07 Å². The van der Waals surface area contributed by atoms with E-state index in [-0.39, 0.29) is 0 Å². The lowest BCUT2D eigenvalue weighted by atomic mass is 9.98. The van der Waals surface area contributed by atoms with Crippen LogP contribution in [0.1, 0.15) is 0 Å². The van der Waals surface area contributed by atoms with Gasteiger partial charge in [0.2, 0.25) is 0 Å². The Morgan fingerprint density at radius 1 is 0.404 bits per heavy atom. The lowest BCUT2D eigenvalue weighted by Gasteiger charge is -2.26. The van der Waals surface area contributed by atoms with E-state index in [4.69, 9.17) is 9.40 Å². The smallest absolute Gasteiger partial charge is 0.137 e. The lowest BCUT2D eigenvalue weighted by Crippen LogP contribution is -2.10. The van der Waals surface area contributed by atoms with Crippen LogP contribution in [-0.4, -0.2) is 4.98 Å². The molecule has 0 bridgehead atoms. The Kier molecular flexibility index (Phi) is 8.01. The van der Waals surface area contributed by atoms with Crippen molar-refractivity contribution in [3.8, 4) is 44.0 Å². The highest BCUT2D eigenvalue weighted by atomic mass is 32.1. The van der Waals surface area contributed by atoms with Crippen molar-refractivity contribution in [2.45, 2.75) is 0 Å². The van der Waals surface area contributed by atoms with Gasteiger partial charge in [0.25, 0.3) is 0 Å². The molecule has 268 valence electrons. The molecule has 4 heteroatoms. The quantitative estimate of drug-likeness (QED) is 0.163. The topological polar surface area (TPSA) is 29.3 Å². The van der Waals surface area contributed by atoms with Gasteiger partial charge in [-0.3, -0.25) is 0 Å². The Balaban J connectivity index is 0.990. The zero-order valence-corrected chi connectivity index (χ0v) is 31.7. The van der Waals surface area contributed by atoms with Gasteiger partial charge in [0.1, 0.15) is 16.2 Å². The van der Waals surface area contributed by atoms with Gasteiger partial charge in [-0.15, -0.1) is 11.3 Å². The maximum atomic E-state index is 6.39. The fraction of sp³-hybridized carbons (Fsp3) is 0. The van der Waals surface area contributed by atoms with Crippen molar-refractivity contribution in [3.63, 3.8) is 0 Å². The normalized spacial score (nSPS) is 11.5. The summed E-state index contributed by atoms with van der Waals surface area (Å²) >= 11 is 1.72. The summed E-state index contributed by atoms with van der Waals surface area (Å²) in [6, 6.07) is 73.4. The zero-order chi connectivity index (χ0) is 37.7. The second kappa shape index (κ2) is 13.8. The van der Waals surface area contributed by atoms with Crippen LogP contribution in [0.15, 0.2) is 211 Å². The van der Waals surface area contributed by atoms with Crippen LogP contribution in [0.4, 0.5) is 17.1 Å². The van der Waals surface area contributed by atoms with Crippen LogP contribution in [0, 0.1) is 0 Å². The molecule has 0 unspecified atom stereocenters. The third-order valence-electron chi connectivity index (χ3n) is 10.9. The lowest BCUT2D eigenvalue weighted by molar-refractivity contribution is 0.669. The molecule has 0 fully saturated rings. The van der Waals surface area contributed by atoms with Crippen molar-refractivity contribution in [3.05, 3.63) is 206 Å². The minimum absolute atomic E-state index is 0.879. The first kappa shape index (κ1) is 33.1. The van der Waals surface area contributed by atoms with Crippen LogP contribution >= 0.6 is 11.3 Å². The summed E-state index contributed by atoms with van der Waals surface area (Å²) < 4.78 is 7.54. The molecule has 0 radical (unpaired) electrons. The fourth-order valence-corrected chi connectivity index (χ4v) is 9.23. The van der Waals surface area contributed by atoms with E-state index in [0.717, 1.165) is 70.9 Å². The van der Waals surface area contributed by atoms with Gasteiger partial charge in [0, 0.05) is 33.4 Å². The predicted molar refractivity (Wildman–Crippen MR) is 241 cm³/mol. The molecule has 11 rings (SSSR count). The van der Waals surface area contributed by atoms with Gasteiger partial charge >= 0.3 is 0 Å². The Hall–Kier alpha value is -7.27. The Morgan fingerprint density at radius 2 is 1.00 bits per heavy atom. The van der Waals surface area contributed by atoms with Crippen LogP contribution in [0.25, 0.3) is 86.9 Å². The molecular weight excluding hydrogens is 713 g/mol. The summed E-state index contributed by atoms with van der Waals surface area (Å²) in [5.41, 5.74) is 14.2. The van der Waals surface area contributed by atoms with E-state index < -0.39 is 0 Å². The van der Waals surface area contributed by atoms with Gasteiger partial charge in [-0.1, -0.05) is 146 Å². The molecule has 0 saturated heterocycles. The summed E-state index contributed by atoms with van der Waals surface area (Å²) in [6.45, 7) is 0.